The average Bonchev–Trinajstić information content (AvgIpc) is 2.92. The van der Waals surface area contributed by atoms with Gasteiger partial charge >= 0.3 is 0 Å². The topological polar surface area (TPSA) is 35.1 Å². The molecule has 0 radical (unpaired) electrons. The first-order chi connectivity index (χ1) is 7.30. The van der Waals surface area contributed by atoms with Gasteiger partial charge in [-0.3, -0.25) is 0 Å². The zero-order valence-electron chi connectivity index (χ0n) is 10.1. The molecule has 16 heavy (non-hydrogen) atoms. The largest absolute Gasteiger partial charge is 0.598 e. The molecule has 1 N–H and O–H groups in total. The van der Waals surface area contributed by atoms with Crippen molar-refractivity contribution in [3.05, 3.63) is 0 Å². The minimum Gasteiger partial charge on any atom is -0.598 e. The summed E-state index contributed by atoms with van der Waals surface area (Å²) in [5.74, 6) is 0.449. The summed E-state index contributed by atoms with van der Waals surface area (Å²) < 4.78 is 38.8. The molecule has 0 bridgehead atoms. The molecule has 1 aliphatic carbocycles. The van der Waals surface area contributed by atoms with Crippen molar-refractivity contribution in [2.24, 2.45) is 5.92 Å². The summed E-state index contributed by atoms with van der Waals surface area (Å²) in [6.07, 6.45) is 0.204. The Balaban J connectivity index is 2.39. The normalized spacial score (nSPS) is 21.2. The molecule has 5 heteroatoms. The van der Waals surface area contributed by atoms with Crippen LogP contribution < -0.4 is 4.72 Å². The molecule has 0 amide bonds. The lowest BCUT2D eigenvalue weighted by Gasteiger charge is -2.28. The van der Waals surface area contributed by atoms with E-state index >= 15 is 0 Å². The molecule has 2 nitrogen and oxygen atoms in total. The van der Waals surface area contributed by atoms with Crippen LogP contribution in [0.3, 0.4) is 0 Å². The van der Waals surface area contributed by atoms with Gasteiger partial charge < -0.3 is 4.55 Å². The number of nitrogens with one attached hydrogen (secondary N) is 1. The maximum absolute atomic E-state index is 12.1. The molecule has 0 aromatic carbocycles. The highest BCUT2D eigenvalue weighted by molar-refractivity contribution is 7.90. The quantitative estimate of drug-likeness (QED) is 0.739. The van der Waals surface area contributed by atoms with Gasteiger partial charge in [0.1, 0.15) is 4.75 Å². The molecule has 0 spiro atoms. The van der Waals surface area contributed by atoms with E-state index in [0.717, 1.165) is 12.8 Å². The van der Waals surface area contributed by atoms with Crippen LogP contribution in [0.4, 0.5) is 8.78 Å². The lowest BCUT2D eigenvalue weighted by molar-refractivity contribution is 0.130. The predicted molar refractivity (Wildman–Crippen MR) is 62.8 cm³/mol. The van der Waals surface area contributed by atoms with E-state index in [0.29, 0.717) is 12.3 Å². The van der Waals surface area contributed by atoms with Crippen molar-refractivity contribution in [3.8, 4) is 0 Å². The van der Waals surface area contributed by atoms with Gasteiger partial charge in [0.25, 0.3) is 0 Å². The van der Waals surface area contributed by atoms with Crippen molar-refractivity contribution in [2.75, 3.05) is 0 Å². The minimum atomic E-state index is -2.26. The van der Waals surface area contributed by atoms with Crippen LogP contribution in [-0.4, -0.2) is 21.8 Å². The third-order valence-corrected chi connectivity index (χ3v) is 4.33. The summed E-state index contributed by atoms with van der Waals surface area (Å²) in [6, 6.07) is -0.00550. The van der Waals surface area contributed by atoms with E-state index in [1.54, 1.807) is 0 Å². The molecular formula is C11H21F2NOS. The van der Waals surface area contributed by atoms with Gasteiger partial charge in [0.2, 0.25) is 6.43 Å². The van der Waals surface area contributed by atoms with Crippen molar-refractivity contribution in [1.82, 2.24) is 4.72 Å². The Hall–Kier alpha value is 0.130. The van der Waals surface area contributed by atoms with Crippen molar-refractivity contribution in [3.63, 3.8) is 0 Å². The molecule has 1 saturated carbocycles. The Morgan fingerprint density at radius 3 is 2.25 bits per heavy atom. The highest BCUT2D eigenvalue weighted by Gasteiger charge is 2.37. The summed E-state index contributed by atoms with van der Waals surface area (Å²) in [6.45, 7) is 5.65. The Kier molecular flexibility index (Phi) is 5.01. The monoisotopic (exact) mass is 253 g/mol. The molecule has 0 heterocycles. The third kappa shape index (κ3) is 4.97. The second-order valence-corrected chi connectivity index (χ2v) is 7.41. The maximum atomic E-state index is 12.1. The van der Waals surface area contributed by atoms with Crippen molar-refractivity contribution >= 4 is 11.4 Å². The summed E-state index contributed by atoms with van der Waals surface area (Å²) >= 11 is -1.16. The number of hydrogen-bond donors (Lipinski definition) is 1. The number of rotatable bonds is 6. The van der Waals surface area contributed by atoms with Crippen molar-refractivity contribution < 1.29 is 13.3 Å². The van der Waals surface area contributed by atoms with Crippen LogP contribution in [0.1, 0.15) is 46.5 Å². The van der Waals surface area contributed by atoms with E-state index in [1.807, 2.05) is 20.8 Å². The second-order valence-electron chi connectivity index (χ2n) is 5.41. The molecule has 1 fully saturated rings. The average molecular weight is 253 g/mol. The number of halogens is 2. The Labute approximate surface area is 99.5 Å². The smallest absolute Gasteiger partial charge is 0.238 e. The van der Waals surface area contributed by atoms with Crippen molar-refractivity contribution in [1.29, 1.82) is 0 Å². The second kappa shape index (κ2) is 5.65. The lowest BCUT2D eigenvalue weighted by atomic mass is 10.1. The number of hydrogen-bond acceptors (Lipinski definition) is 2. The summed E-state index contributed by atoms with van der Waals surface area (Å²) in [5, 5.41) is 0. The fourth-order valence-corrected chi connectivity index (χ4v) is 2.45. The van der Waals surface area contributed by atoms with E-state index in [4.69, 9.17) is 0 Å². The molecule has 1 aliphatic rings. The first-order valence-electron chi connectivity index (χ1n) is 5.77. The van der Waals surface area contributed by atoms with Crippen molar-refractivity contribution in [2.45, 2.75) is 63.7 Å². The van der Waals surface area contributed by atoms with Gasteiger partial charge in [-0.15, -0.1) is 4.72 Å². The van der Waals surface area contributed by atoms with Gasteiger partial charge in [-0.25, -0.2) is 8.78 Å². The molecule has 0 saturated heterocycles. The van der Waals surface area contributed by atoms with Crippen LogP contribution in [-0.2, 0) is 11.4 Å². The Morgan fingerprint density at radius 1 is 1.31 bits per heavy atom. The third-order valence-electron chi connectivity index (χ3n) is 2.70. The van der Waals surface area contributed by atoms with E-state index < -0.39 is 17.8 Å². The Morgan fingerprint density at radius 2 is 1.88 bits per heavy atom. The highest BCUT2D eigenvalue weighted by Crippen LogP contribution is 2.35. The van der Waals surface area contributed by atoms with Gasteiger partial charge in [-0.05, 0) is 46.0 Å². The first kappa shape index (κ1) is 14.2. The SMILES string of the molecule is CC(C)(C)[S@+]([O-])NC(CCC(F)F)C1CC1. The van der Waals surface area contributed by atoms with Gasteiger partial charge in [-0.2, -0.15) is 0 Å². The number of alkyl halides is 2. The summed E-state index contributed by atoms with van der Waals surface area (Å²) in [4.78, 5) is 0. The molecular weight excluding hydrogens is 232 g/mol. The van der Waals surface area contributed by atoms with Crippen LogP contribution in [0.25, 0.3) is 0 Å². The van der Waals surface area contributed by atoms with Crippen LogP contribution in [0, 0.1) is 5.92 Å². The molecule has 1 rings (SSSR count). The standard InChI is InChI=1S/C11H21F2NOS/c1-11(2,3)16(15)14-9(8-4-5-8)6-7-10(12)13/h8-10,14H,4-7H2,1-3H3/t9?,16-/m0/s1. The first-order valence-corrected chi connectivity index (χ1v) is 6.92. The lowest BCUT2D eigenvalue weighted by Crippen LogP contribution is -2.45. The molecule has 0 aliphatic heterocycles. The van der Waals surface area contributed by atoms with Gasteiger partial charge in [0.05, 0.1) is 6.04 Å². The highest BCUT2D eigenvalue weighted by atomic mass is 32.2. The minimum absolute atomic E-state index is 0.00550. The van der Waals surface area contributed by atoms with Crippen LogP contribution in [0.5, 0.6) is 0 Å². The van der Waals surface area contributed by atoms with Gasteiger partial charge in [-0.1, -0.05) is 0 Å². The van der Waals surface area contributed by atoms with Crippen LogP contribution >= 0.6 is 0 Å². The summed E-state index contributed by atoms with van der Waals surface area (Å²) in [7, 11) is 0. The summed E-state index contributed by atoms with van der Waals surface area (Å²) in [5.41, 5.74) is 0. The predicted octanol–water partition coefficient (Wildman–Crippen LogP) is 2.86. The maximum Gasteiger partial charge on any atom is 0.238 e. The molecule has 0 aromatic heterocycles. The van der Waals surface area contributed by atoms with E-state index in [1.165, 1.54) is 0 Å². The van der Waals surface area contributed by atoms with E-state index in [-0.39, 0.29) is 17.2 Å². The molecule has 2 atom stereocenters. The fourth-order valence-electron chi connectivity index (χ4n) is 1.51. The zero-order chi connectivity index (χ0) is 12.3. The van der Waals surface area contributed by atoms with Crippen LogP contribution in [0.2, 0.25) is 0 Å². The van der Waals surface area contributed by atoms with Gasteiger partial charge in [0.15, 0.2) is 0 Å². The van der Waals surface area contributed by atoms with E-state index in [2.05, 4.69) is 4.72 Å². The molecule has 1 unspecified atom stereocenters. The van der Waals surface area contributed by atoms with E-state index in [9.17, 15) is 13.3 Å². The van der Waals surface area contributed by atoms with Gasteiger partial charge in [0, 0.05) is 17.8 Å². The fraction of sp³-hybridized carbons (Fsp3) is 1.00. The van der Waals surface area contributed by atoms with Crippen LogP contribution in [0.15, 0.2) is 0 Å². The molecule has 96 valence electrons. The Bertz CT molecular complexity index is 217. The molecule has 0 aromatic rings. The zero-order valence-corrected chi connectivity index (χ0v) is 10.9.